The molecule has 3 N–H and O–H groups in total. The molecule has 0 aromatic carbocycles. The van der Waals surface area contributed by atoms with Crippen LogP contribution in [-0.2, 0) is 9.53 Å². The Morgan fingerprint density at radius 3 is 2.61 bits per heavy atom. The van der Waals surface area contributed by atoms with E-state index >= 15 is 0 Å². The van der Waals surface area contributed by atoms with Crippen LogP contribution >= 0.6 is 11.8 Å². The van der Waals surface area contributed by atoms with Gasteiger partial charge in [0.25, 0.3) is 0 Å². The first-order valence-corrected chi connectivity index (χ1v) is 7.36. The molecule has 0 unspecified atom stereocenters. The van der Waals surface area contributed by atoms with Crippen molar-refractivity contribution in [2.75, 3.05) is 31.8 Å². The summed E-state index contributed by atoms with van der Waals surface area (Å²) in [7, 11) is 0. The maximum atomic E-state index is 11.7. The minimum atomic E-state index is -1.18. The lowest BCUT2D eigenvalue weighted by molar-refractivity contribution is -0.148. The average molecular weight is 276 g/mol. The molecule has 1 aliphatic rings. The van der Waals surface area contributed by atoms with Crippen LogP contribution in [0.2, 0.25) is 0 Å². The third kappa shape index (κ3) is 4.38. The molecule has 2 amide bonds. The number of carbonyl (C=O) groups is 2. The van der Waals surface area contributed by atoms with E-state index in [4.69, 9.17) is 4.74 Å². The molecule has 0 saturated carbocycles. The minimum Gasteiger partial charge on any atom is -0.480 e. The number of ether oxygens (including phenoxy) is 1. The lowest BCUT2D eigenvalue weighted by Crippen LogP contribution is -2.59. The molecule has 1 fully saturated rings. The Kier molecular flexibility index (Phi) is 6.28. The van der Waals surface area contributed by atoms with E-state index in [1.54, 1.807) is 11.8 Å². The molecule has 0 radical (unpaired) electrons. The van der Waals surface area contributed by atoms with Crippen molar-refractivity contribution < 1.29 is 19.4 Å². The van der Waals surface area contributed by atoms with Gasteiger partial charge in [-0.15, -0.1) is 0 Å². The topological polar surface area (TPSA) is 87.7 Å². The second kappa shape index (κ2) is 7.48. The largest absolute Gasteiger partial charge is 0.480 e. The number of nitrogens with one attached hydrogen (secondary N) is 2. The Balaban J connectivity index is 2.41. The number of carboxylic acid groups (broad SMARTS) is 1. The fourth-order valence-electron chi connectivity index (χ4n) is 1.79. The summed E-state index contributed by atoms with van der Waals surface area (Å²) in [6.45, 7) is 1.27. The van der Waals surface area contributed by atoms with Crippen molar-refractivity contribution in [3.8, 4) is 0 Å². The van der Waals surface area contributed by atoms with Gasteiger partial charge >= 0.3 is 12.0 Å². The number of hydrogen-bond acceptors (Lipinski definition) is 4. The summed E-state index contributed by atoms with van der Waals surface area (Å²) in [5, 5.41) is 14.5. The van der Waals surface area contributed by atoms with Crippen LogP contribution in [0.15, 0.2) is 0 Å². The number of carboxylic acids is 1. The summed E-state index contributed by atoms with van der Waals surface area (Å²) in [5.41, 5.74) is -1.18. The molecule has 0 spiro atoms. The fraction of sp³-hybridized carbons (Fsp3) is 0.818. The smallest absolute Gasteiger partial charge is 0.329 e. The molecule has 0 aromatic heterocycles. The number of amides is 2. The van der Waals surface area contributed by atoms with Crippen molar-refractivity contribution in [2.45, 2.75) is 24.8 Å². The highest BCUT2D eigenvalue weighted by Gasteiger charge is 2.41. The quantitative estimate of drug-likeness (QED) is 0.621. The average Bonchev–Trinajstić information content (AvgIpc) is 2.35. The van der Waals surface area contributed by atoms with Gasteiger partial charge in [-0.05, 0) is 18.4 Å². The molecule has 1 heterocycles. The van der Waals surface area contributed by atoms with E-state index in [1.165, 1.54) is 0 Å². The summed E-state index contributed by atoms with van der Waals surface area (Å²) in [4.78, 5) is 22.9. The SMILES string of the molecule is CSCCCNC(=O)NC1(C(=O)O)CCOCC1. The summed E-state index contributed by atoms with van der Waals surface area (Å²) in [5.74, 6) is -0.0249. The van der Waals surface area contributed by atoms with Crippen LogP contribution in [0, 0.1) is 0 Å². The van der Waals surface area contributed by atoms with E-state index in [0.29, 0.717) is 32.6 Å². The summed E-state index contributed by atoms with van der Waals surface area (Å²) < 4.78 is 5.13. The van der Waals surface area contributed by atoms with E-state index in [9.17, 15) is 14.7 Å². The van der Waals surface area contributed by atoms with Gasteiger partial charge in [-0.3, -0.25) is 0 Å². The maximum absolute atomic E-state index is 11.7. The van der Waals surface area contributed by atoms with Gasteiger partial charge in [0.2, 0.25) is 0 Å². The van der Waals surface area contributed by atoms with Crippen LogP contribution in [0.5, 0.6) is 0 Å². The van der Waals surface area contributed by atoms with Gasteiger partial charge in [0, 0.05) is 32.6 Å². The number of aliphatic carboxylic acids is 1. The van der Waals surface area contributed by atoms with Crippen molar-refractivity contribution in [3.63, 3.8) is 0 Å². The molecule has 1 aliphatic heterocycles. The van der Waals surface area contributed by atoms with Crippen LogP contribution in [0.4, 0.5) is 4.79 Å². The van der Waals surface area contributed by atoms with Crippen molar-refractivity contribution in [2.24, 2.45) is 0 Å². The van der Waals surface area contributed by atoms with Crippen molar-refractivity contribution in [3.05, 3.63) is 0 Å². The first-order valence-electron chi connectivity index (χ1n) is 5.97. The Labute approximate surface area is 111 Å². The van der Waals surface area contributed by atoms with Crippen molar-refractivity contribution in [1.82, 2.24) is 10.6 Å². The van der Waals surface area contributed by atoms with Gasteiger partial charge in [-0.2, -0.15) is 11.8 Å². The molecular formula is C11H20N2O4S. The highest BCUT2D eigenvalue weighted by molar-refractivity contribution is 7.98. The zero-order valence-corrected chi connectivity index (χ0v) is 11.3. The first-order chi connectivity index (χ1) is 8.60. The Morgan fingerprint density at radius 1 is 1.39 bits per heavy atom. The number of thioether (sulfide) groups is 1. The van der Waals surface area contributed by atoms with Gasteiger partial charge in [0.1, 0.15) is 5.54 Å². The Hall–Kier alpha value is -0.950. The second-order valence-electron chi connectivity index (χ2n) is 4.23. The van der Waals surface area contributed by atoms with Gasteiger partial charge in [-0.1, -0.05) is 0 Å². The summed E-state index contributed by atoms with van der Waals surface area (Å²) in [6.07, 6.45) is 3.49. The molecule has 1 rings (SSSR count). The van der Waals surface area contributed by atoms with E-state index in [2.05, 4.69) is 10.6 Å². The monoisotopic (exact) mass is 276 g/mol. The first kappa shape index (κ1) is 15.1. The van der Waals surface area contributed by atoms with Crippen molar-refractivity contribution in [1.29, 1.82) is 0 Å². The molecule has 7 heteroatoms. The van der Waals surface area contributed by atoms with Crippen LogP contribution in [0.3, 0.4) is 0 Å². The van der Waals surface area contributed by atoms with Gasteiger partial charge < -0.3 is 20.5 Å². The lowest BCUT2D eigenvalue weighted by atomic mass is 9.90. The molecule has 18 heavy (non-hydrogen) atoms. The standard InChI is InChI=1S/C11H20N2O4S/c1-18-8-2-5-12-10(16)13-11(9(14)15)3-6-17-7-4-11/h2-8H2,1H3,(H,14,15)(H2,12,13,16). The predicted molar refractivity (Wildman–Crippen MR) is 70.0 cm³/mol. The number of urea groups is 1. The van der Waals surface area contributed by atoms with Crippen LogP contribution in [-0.4, -0.2) is 54.4 Å². The normalized spacial score (nSPS) is 18.1. The third-order valence-electron chi connectivity index (χ3n) is 2.92. The van der Waals surface area contributed by atoms with E-state index in [1.807, 2.05) is 6.26 Å². The maximum Gasteiger partial charge on any atom is 0.329 e. The van der Waals surface area contributed by atoms with E-state index in [-0.39, 0.29) is 0 Å². The van der Waals surface area contributed by atoms with Crippen LogP contribution in [0.1, 0.15) is 19.3 Å². The fourth-order valence-corrected chi connectivity index (χ4v) is 2.23. The minimum absolute atomic E-state index is 0.306. The Bertz CT molecular complexity index is 293. The molecule has 0 aliphatic carbocycles. The number of hydrogen-bond donors (Lipinski definition) is 3. The van der Waals surface area contributed by atoms with E-state index < -0.39 is 17.5 Å². The predicted octanol–water partition coefficient (Wildman–Crippen LogP) is 0.672. The highest BCUT2D eigenvalue weighted by atomic mass is 32.2. The van der Waals surface area contributed by atoms with E-state index in [0.717, 1.165) is 12.2 Å². The van der Waals surface area contributed by atoms with Crippen LogP contribution in [0.25, 0.3) is 0 Å². The number of rotatable bonds is 6. The molecular weight excluding hydrogens is 256 g/mol. The highest BCUT2D eigenvalue weighted by Crippen LogP contribution is 2.20. The molecule has 104 valence electrons. The van der Waals surface area contributed by atoms with Crippen molar-refractivity contribution >= 4 is 23.8 Å². The zero-order valence-electron chi connectivity index (χ0n) is 10.5. The van der Waals surface area contributed by atoms with Gasteiger partial charge in [0.05, 0.1) is 0 Å². The number of carbonyl (C=O) groups excluding carboxylic acids is 1. The Morgan fingerprint density at radius 2 is 2.06 bits per heavy atom. The summed E-state index contributed by atoms with van der Waals surface area (Å²) in [6, 6.07) is -0.416. The third-order valence-corrected chi connectivity index (χ3v) is 3.62. The molecule has 1 saturated heterocycles. The molecule has 0 atom stereocenters. The second-order valence-corrected chi connectivity index (χ2v) is 5.21. The zero-order chi connectivity index (χ0) is 13.4. The molecule has 6 nitrogen and oxygen atoms in total. The molecule has 0 bridgehead atoms. The van der Waals surface area contributed by atoms with Crippen LogP contribution < -0.4 is 10.6 Å². The molecule has 0 aromatic rings. The van der Waals surface area contributed by atoms with Gasteiger partial charge in [0.15, 0.2) is 0 Å². The van der Waals surface area contributed by atoms with Gasteiger partial charge in [-0.25, -0.2) is 9.59 Å². The summed E-state index contributed by atoms with van der Waals surface area (Å²) >= 11 is 1.71. The lowest BCUT2D eigenvalue weighted by Gasteiger charge is -2.33.